The van der Waals surface area contributed by atoms with Gasteiger partial charge in [-0.15, -0.1) is 0 Å². The lowest BCUT2D eigenvalue weighted by Gasteiger charge is -2.20. The fraction of sp³-hybridized carbons (Fsp3) is 0.385. The van der Waals surface area contributed by atoms with Gasteiger partial charge in [-0.05, 0) is 33.8 Å². The molecule has 6 nitrogen and oxygen atoms in total. The van der Waals surface area contributed by atoms with E-state index in [1.54, 1.807) is 20.8 Å². The molecule has 0 saturated heterocycles. The highest BCUT2D eigenvalue weighted by atomic mass is 16.6. The molecule has 1 amide bonds. The number of aromatic hydroxyl groups is 1. The van der Waals surface area contributed by atoms with Crippen molar-refractivity contribution in [3.63, 3.8) is 0 Å². The van der Waals surface area contributed by atoms with Gasteiger partial charge in [-0.25, -0.2) is 9.59 Å². The number of phenolic OH excluding ortho intramolecular Hbond substituents is 1. The van der Waals surface area contributed by atoms with Crippen LogP contribution in [-0.4, -0.2) is 27.9 Å². The quantitative estimate of drug-likeness (QED) is 0.765. The highest BCUT2D eigenvalue weighted by Gasteiger charge is 2.18. The molecular formula is C13H17NO5. The molecule has 0 unspecified atom stereocenters. The van der Waals surface area contributed by atoms with E-state index in [1.807, 2.05) is 0 Å². The van der Waals surface area contributed by atoms with Gasteiger partial charge in [-0.3, -0.25) is 5.32 Å². The van der Waals surface area contributed by atoms with Gasteiger partial charge >= 0.3 is 12.1 Å². The average molecular weight is 267 g/mol. The van der Waals surface area contributed by atoms with Crippen LogP contribution in [0.15, 0.2) is 12.1 Å². The third-order valence-corrected chi connectivity index (χ3v) is 2.26. The van der Waals surface area contributed by atoms with E-state index in [0.29, 0.717) is 0 Å². The van der Waals surface area contributed by atoms with E-state index >= 15 is 0 Å². The molecule has 6 heteroatoms. The molecule has 3 N–H and O–H groups in total. The lowest BCUT2D eigenvalue weighted by atomic mass is 10.1. The first kappa shape index (κ1) is 14.8. The summed E-state index contributed by atoms with van der Waals surface area (Å²) in [5.74, 6) is -1.38. The van der Waals surface area contributed by atoms with Gasteiger partial charge in [0.1, 0.15) is 11.4 Å². The zero-order valence-corrected chi connectivity index (χ0v) is 11.3. The van der Waals surface area contributed by atoms with Crippen LogP contribution >= 0.6 is 0 Å². The van der Waals surface area contributed by atoms with Gasteiger partial charge in [-0.1, -0.05) is 0 Å². The Morgan fingerprint density at radius 1 is 1.26 bits per heavy atom. The number of rotatable bonds is 2. The van der Waals surface area contributed by atoms with Crippen molar-refractivity contribution < 1.29 is 24.5 Å². The van der Waals surface area contributed by atoms with Crippen LogP contribution in [0.1, 0.15) is 36.7 Å². The van der Waals surface area contributed by atoms with Crippen LogP contribution in [0.4, 0.5) is 10.5 Å². The number of hydrogen-bond donors (Lipinski definition) is 3. The number of amides is 1. The Balaban J connectivity index is 2.97. The molecule has 1 aromatic carbocycles. The molecule has 0 heterocycles. The van der Waals surface area contributed by atoms with E-state index in [9.17, 15) is 14.7 Å². The monoisotopic (exact) mass is 267 g/mol. The number of aromatic carboxylic acids is 1. The molecular weight excluding hydrogens is 250 g/mol. The number of benzene rings is 1. The van der Waals surface area contributed by atoms with Gasteiger partial charge in [0.2, 0.25) is 0 Å². The highest BCUT2D eigenvalue weighted by molar-refractivity contribution is 5.93. The van der Waals surface area contributed by atoms with Crippen LogP contribution < -0.4 is 5.32 Å². The SMILES string of the molecule is Cc1c(O)cc(NC(=O)OC(C)(C)C)cc1C(=O)O. The first-order valence-electron chi connectivity index (χ1n) is 5.67. The first-order chi connectivity index (χ1) is 8.60. The second-order valence-electron chi connectivity index (χ2n) is 5.10. The Bertz CT molecular complexity index is 517. The minimum absolute atomic E-state index is 0.0777. The molecule has 0 bridgehead atoms. The second kappa shape index (κ2) is 5.17. The van der Waals surface area contributed by atoms with E-state index in [-0.39, 0.29) is 22.6 Å². The molecule has 19 heavy (non-hydrogen) atoms. The van der Waals surface area contributed by atoms with Crippen molar-refractivity contribution in [2.75, 3.05) is 5.32 Å². The molecule has 0 atom stereocenters. The third-order valence-electron chi connectivity index (χ3n) is 2.26. The molecule has 104 valence electrons. The lowest BCUT2D eigenvalue weighted by Crippen LogP contribution is -2.27. The van der Waals surface area contributed by atoms with Gasteiger partial charge in [0.25, 0.3) is 0 Å². The summed E-state index contributed by atoms with van der Waals surface area (Å²) >= 11 is 0. The van der Waals surface area contributed by atoms with Gasteiger partial charge in [-0.2, -0.15) is 0 Å². The normalized spacial score (nSPS) is 10.9. The topological polar surface area (TPSA) is 95.9 Å². The molecule has 0 aliphatic carbocycles. The number of carboxylic acid groups (broad SMARTS) is 1. The molecule has 0 saturated carbocycles. The van der Waals surface area contributed by atoms with E-state index < -0.39 is 17.7 Å². The Kier molecular flexibility index (Phi) is 4.04. The summed E-state index contributed by atoms with van der Waals surface area (Å²) in [4.78, 5) is 22.5. The maximum Gasteiger partial charge on any atom is 0.412 e. The van der Waals surface area contributed by atoms with Crippen LogP contribution in [0, 0.1) is 6.92 Å². The number of nitrogens with one attached hydrogen (secondary N) is 1. The highest BCUT2D eigenvalue weighted by Crippen LogP contribution is 2.26. The van der Waals surface area contributed by atoms with Crippen molar-refractivity contribution in [2.45, 2.75) is 33.3 Å². The standard InChI is InChI=1S/C13H17NO5/c1-7-9(11(16)17)5-8(6-10(7)15)14-12(18)19-13(2,3)4/h5-6,15H,1-4H3,(H,14,18)(H,16,17). The van der Waals surface area contributed by atoms with Crippen LogP contribution in [0.3, 0.4) is 0 Å². The number of carbonyl (C=O) groups is 2. The number of carbonyl (C=O) groups excluding carboxylic acids is 1. The summed E-state index contributed by atoms with van der Waals surface area (Å²) in [6.07, 6.45) is -0.716. The van der Waals surface area contributed by atoms with Gasteiger partial charge in [0.15, 0.2) is 0 Å². The van der Waals surface area contributed by atoms with Crippen molar-refractivity contribution in [3.8, 4) is 5.75 Å². The Morgan fingerprint density at radius 2 is 1.84 bits per heavy atom. The molecule has 1 aromatic rings. The summed E-state index contributed by atoms with van der Waals surface area (Å²) in [6, 6.07) is 2.53. The number of carboxylic acids is 1. The van der Waals surface area contributed by atoms with Crippen LogP contribution in [0.25, 0.3) is 0 Å². The van der Waals surface area contributed by atoms with Gasteiger partial charge in [0, 0.05) is 17.3 Å². The van der Waals surface area contributed by atoms with Crippen molar-refractivity contribution in [2.24, 2.45) is 0 Å². The van der Waals surface area contributed by atoms with E-state index in [1.165, 1.54) is 19.1 Å². The van der Waals surface area contributed by atoms with Crippen molar-refractivity contribution in [1.82, 2.24) is 0 Å². The fourth-order valence-corrected chi connectivity index (χ4v) is 1.41. The summed E-state index contributed by atoms with van der Waals surface area (Å²) in [5.41, 5.74) is -0.338. The molecule has 1 rings (SSSR count). The first-order valence-corrected chi connectivity index (χ1v) is 5.67. The fourth-order valence-electron chi connectivity index (χ4n) is 1.41. The molecule has 0 fully saturated rings. The van der Waals surface area contributed by atoms with Crippen LogP contribution in [0.2, 0.25) is 0 Å². The third kappa shape index (κ3) is 4.17. The maximum atomic E-state index is 11.5. The molecule has 0 aliphatic heterocycles. The summed E-state index contributed by atoms with van der Waals surface area (Å²) in [7, 11) is 0. The minimum atomic E-state index is -1.18. The lowest BCUT2D eigenvalue weighted by molar-refractivity contribution is 0.0632. The van der Waals surface area contributed by atoms with Crippen molar-refractivity contribution in [1.29, 1.82) is 0 Å². The second-order valence-corrected chi connectivity index (χ2v) is 5.10. The molecule has 0 radical (unpaired) electrons. The minimum Gasteiger partial charge on any atom is -0.508 e. The average Bonchev–Trinajstić information content (AvgIpc) is 2.19. The predicted molar refractivity (Wildman–Crippen MR) is 69.7 cm³/mol. The number of hydrogen-bond acceptors (Lipinski definition) is 4. The molecule has 0 spiro atoms. The summed E-state index contributed by atoms with van der Waals surface area (Å²) in [6.45, 7) is 6.61. The number of ether oxygens (including phenoxy) is 1. The zero-order valence-electron chi connectivity index (χ0n) is 11.3. The Labute approximate surface area is 111 Å². The molecule has 0 aliphatic rings. The van der Waals surface area contributed by atoms with Crippen molar-refractivity contribution >= 4 is 17.7 Å². The Hall–Kier alpha value is -2.24. The number of phenols is 1. The predicted octanol–water partition coefficient (Wildman–Crippen LogP) is 2.75. The number of anilines is 1. The van der Waals surface area contributed by atoms with Crippen LogP contribution in [-0.2, 0) is 4.74 Å². The Morgan fingerprint density at radius 3 is 2.32 bits per heavy atom. The van der Waals surface area contributed by atoms with Gasteiger partial charge in [0.05, 0.1) is 5.56 Å². The maximum absolute atomic E-state index is 11.5. The summed E-state index contributed by atoms with van der Waals surface area (Å²) in [5, 5.41) is 21.0. The zero-order chi connectivity index (χ0) is 14.8. The van der Waals surface area contributed by atoms with Crippen LogP contribution in [0.5, 0.6) is 5.75 Å². The van der Waals surface area contributed by atoms with Gasteiger partial charge < -0.3 is 14.9 Å². The van der Waals surface area contributed by atoms with E-state index in [0.717, 1.165) is 0 Å². The van der Waals surface area contributed by atoms with E-state index in [2.05, 4.69) is 5.32 Å². The molecule has 0 aromatic heterocycles. The van der Waals surface area contributed by atoms with Crippen molar-refractivity contribution in [3.05, 3.63) is 23.3 Å². The summed E-state index contributed by atoms with van der Waals surface area (Å²) < 4.78 is 5.03. The van der Waals surface area contributed by atoms with E-state index in [4.69, 9.17) is 9.84 Å². The smallest absolute Gasteiger partial charge is 0.412 e. The largest absolute Gasteiger partial charge is 0.508 e.